The molecule has 18 heavy (non-hydrogen) atoms. The van der Waals surface area contributed by atoms with Crippen molar-refractivity contribution >= 4 is 6.08 Å². The van der Waals surface area contributed by atoms with Crippen LogP contribution in [-0.4, -0.2) is 0 Å². The summed E-state index contributed by atoms with van der Waals surface area (Å²) in [6, 6.07) is 13.2. The normalized spacial score (nSPS) is 10.4. The Kier molecular flexibility index (Phi) is 3.66. The Bertz CT molecular complexity index is 536. The fraction of sp³-hybridized carbons (Fsp3) is 0.222. The second kappa shape index (κ2) is 5.22. The van der Waals surface area contributed by atoms with Crippen LogP contribution in [-0.2, 0) is 6.42 Å². The zero-order valence-electron chi connectivity index (χ0n) is 11.5. The Morgan fingerprint density at radius 3 is 2.00 bits per heavy atom. The van der Waals surface area contributed by atoms with E-state index in [-0.39, 0.29) is 0 Å². The predicted octanol–water partition coefficient (Wildman–Crippen LogP) is 4.85. The molecule has 92 valence electrons. The SMILES string of the molecule is C=Cc1ccc(Cc2c(C)cc(C)cc2C)cc1. The Morgan fingerprint density at radius 2 is 1.50 bits per heavy atom. The minimum absolute atomic E-state index is 1.01. The van der Waals surface area contributed by atoms with Crippen molar-refractivity contribution in [2.45, 2.75) is 27.2 Å². The van der Waals surface area contributed by atoms with Gasteiger partial charge in [-0.3, -0.25) is 0 Å². The first-order valence-corrected chi connectivity index (χ1v) is 6.38. The second-order valence-corrected chi connectivity index (χ2v) is 5.00. The van der Waals surface area contributed by atoms with Crippen LogP contribution in [0.2, 0.25) is 0 Å². The molecule has 0 aromatic heterocycles. The van der Waals surface area contributed by atoms with E-state index in [1.165, 1.54) is 33.4 Å². The standard InChI is InChI=1S/C18H20/c1-5-16-6-8-17(9-7-16)12-18-14(3)10-13(2)11-15(18)4/h5-11H,1,12H2,2-4H3. The highest BCUT2D eigenvalue weighted by molar-refractivity contribution is 5.48. The van der Waals surface area contributed by atoms with Gasteiger partial charge in [0.25, 0.3) is 0 Å². The maximum atomic E-state index is 3.78. The summed E-state index contributed by atoms with van der Waals surface area (Å²) in [6.45, 7) is 10.3. The zero-order valence-corrected chi connectivity index (χ0v) is 11.5. The molecule has 0 amide bonds. The van der Waals surface area contributed by atoms with Gasteiger partial charge in [0.2, 0.25) is 0 Å². The summed E-state index contributed by atoms with van der Waals surface area (Å²) in [6.07, 6.45) is 2.89. The first-order valence-electron chi connectivity index (χ1n) is 6.38. The number of rotatable bonds is 3. The number of hydrogen-bond acceptors (Lipinski definition) is 0. The van der Waals surface area contributed by atoms with Crippen LogP contribution in [0.4, 0.5) is 0 Å². The lowest BCUT2D eigenvalue weighted by atomic mass is 9.94. The van der Waals surface area contributed by atoms with Crippen molar-refractivity contribution in [1.29, 1.82) is 0 Å². The van der Waals surface area contributed by atoms with E-state index in [1.807, 2.05) is 6.08 Å². The van der Waals surface area contributed by atoms with Crippen molar-refractivity contribution in [2.75, 3.05) is 0 Å². The summed E-state index contributed by atoms with van der Waals surface area (Å²) < 4.78 is 0. The highest BCUT2D eigenvalue weighted by atomic mass is 14.1. The highest BCUT2D eigenvalue weighted by Gasteiger charge is 2.04. The molecule has 0 aliphatic heterocycles. The summed E-state index contributed by atoms with van der Waals surface area (Å²) in [5, 5.41) is 0. The topological polar surface area (TPSA) is 0 Å². The second-order valence-electron chi connectivity index (χ2n) is 5.00. The van der Waals surface area contributed by atoms with Gasteiger partial charge in [0.1, 0.15) is 0 Å². The van der Waals surface area contributed by atoms with Gasteiger partial charge in [-0.25, -0.2) is 0 Å². The Labute approximate surface area is 110 Å². The number of hydrogen-bond donors (Lipinski definition) is 0. The molecule has 0 saturated heterocycles. The van der Waals surface area contributed by atoms with Crippen LogP contribution in [0.25, 0.3) is 6.08 Å². The van der Waals surface area contributed by atoms with Crippen molar-refractivity contribution in [3.8, 4) is 0 Å². The molecule has 0 unspecified atom stereocenters. The zero-order chi connectivity index (χ0) is 13.1. The van der Waals surface area contributed by atoms with Crippen molar-refractivity contribution in [1.82, 2.24) is 0 Å². The Morgan fingerprint density at radius 1 is 0.944 bits per heavy atom. The highest BCUT2D eigenvalue weighted by Crippen LogP contribution is 2.20. The Balaban J connectivity index is 2.30. The van der Waals surface area contributed by atoms with Crippen LogP contribution in [0.1, 0.15) is 33.4 Å². The van der Waals surface area contributed by atoms with Gasteiger partial charge in [0, 0.05) is 0 Å². The molecule has 2 aromatic rings. The van der Waals surface area contributed by atoms with E-state index >= 15 is 0 Å². The fourth-order valence-electron chi connectivity index (χ4n) is 2.46. The van der Waals surface area contributed by atoms with Crippen molar-refractivity contribution < 1.29 is 0 Å². The summed E-state index contributed by atoms with van der Waals surface area (Å²) in [5.41, 5.74) is 8.11. The minimum atomic E-state index is 1.01. The molecule has 0 fully saturated rings. The molecular formula is C18H20. The first kappa shape index (κ1) is 12.6. The van der Waals surface area contributed by atoms with Gasteiger partial charge < -0.3 is 0 Å². The van der Waals surface area contributed by atoms with Gasteiger partial charge in [0.05, 0.1) is 0 Å². The smallest absolute Gasteiger partial charge is 0.00205 e. The van der Waals surface area contributed by atoms with E-state index in [1.54, 1.807) is 0 Å². The quantitative estimate of drug-likeness (QED) is 0.715. The Hall–Kier alpha value is -1.82. The average molecular weight is 236 g/mol. The average Bonchev–Trinajstić information content (AvgIpc) is 2.34. The van der Waals surface area contributed by atoms with E-state index < -0.39 is 0 Å². The number of aryl methyl sites for hydroxylation is 3. The van der Waals surface area contributed by atoms with Crippen molar-refractivity contribution in [3.05, 3.63) is 76.4 Å². The van der Waals surface area contributed by atoms with Crippen LogP contribution in [0.3, 0.4) is 0 Å². The van der Waals surface area contributed by atoms with Gasteiger partial charge in [-0.1, -0.05) is 54.6 Å². The van der Waals surface area contributed by atoms with E-state index in [0.717, 1.165) is 6.42 Å². The molecule has 2 rings (SSSR count). The third-order valence-corrected chi connectivity index (χ3v) is 3.44. The molecule has 0 N–H and O–H groups in total. The van der Waals surface area contributed by atoms with E-state index in [0.29, 0.717) is 0 Å². The van der Waals surface area contributed by atoms with Crippen LogP contribution in [0.5, 0.6) is 0 Å². The molecule has 0 radical (unpaired) electrons. The maximum Gasteiger partial charge on any atom is -0.00205 e. The summed E-state index contributed by atoms with van der Waals surface area (Å²) in [5.74, 6) is 0. The van der Waals surface area contributed by atoms with Crippen LogP contribution >= 0.6 is 0 Å². The molecule has 0 saturated carbocycles. The molecule has 0 aliphatic carbocycles. The largest absolute Gasteiger partial charge is 0.0985 e. The summed E-state index contributed by atoms with van der Waals surface area (Å²) in [4.78, 5) is 0. The molecule has 0 atom stereocenters. The maximum absolute atomic E-state index is 3.78. The third-order valence-electron chi connectivity index (χ3n) is 3.44. The molecular weight excluding hydrogens is 216 g/mol. The lowest BCUT2D eigenvalue weighted by Gasteiger charge is -2.11. The molecule has 0 heterocycles. The molecule has 0 bridgehead atoms. The first-order chi connectivity index (χ1) is 8.60. The number of benzene rings is 2. The molecule has 0 heteroatoms. The van der Waals surface area contributed by atoms with Gasteiger partial charge in [-0.05, 0) is 55.0 Å². The molecule has 0 aliphatic rings. The monoisotopic (exact) mass is 236 g/mol. The summed E-state index contributed by atoms with van der Waals surface area (Å²) in [7, 11) is 0. The van der Waals surface area contributed by atoms with Crippen LogP contribution in [0, 0.1) is 20.8 Å². The van der Waals surface area contributed by atoms with Crippen LogP contribution < -0.4 is 0 Å². The van der Waals surface area contributed by atoms with E-state index in [2.05, 4.69) is 63.7 Å². The van der Waals surface area contributed by atoms with E-state index in [4.69, 9.17) is 0 Å². The molecule has 2 aromatic carbocycles. The van der Waals surface area contributed by atoms with Crippen molar-refractivity contribution in [3.63, 3.8) is 0 Å². The minimum Gasteiger partial charge on any atom is -0.0985 e. The predicted molar refractivity (Wildman–Crippen MR) is 80.0 cm³/mol. The summed E-state index contributed by atoms with van der Waals surface area (Å²) >= 11 is 0. The lowest BCUT2D eigenvalue weighted by molar-refractivity contribution is 1.11. The van der Waals surface area contributed by atoms with Gasteiger partial charge in [-0.2, -0.15) is 0 Å². The van der Waals surface area contributed by atoms with Crippen LogP contribution in [0.15, 0.2) is 43.0 Å². The van der Waals surface area contributed by atoms with E-state index in [9.17, 15) is 0 Å². The fourth-order valence-corrected chi connectivity index (χ4v) is 2.46. The van der Waals surface area contributed by atoms with Crippen molar-refractivity contribution in [2.24, 2.45) is 0 Å². The molecule has 0 spiro atoms. The third kappa shape index (κ3) is 2.70. The van der Waals surface area contributed by atoms with Gasteiger partial charge in [-0.15, -0.1) is 0 Å². The molecule has 0 nitrogen and oxygen atoms in total. The van der Waals surface area contributed by atoms with Gasteiger partial charge >= 0.3 is 0 Å². The van der Waals surface area contributed by atoms with Gasteiger partial charge in [0.15, 0.2) is 0 Å². The lowest BCUT2D eigenvalue weighted by Crippen LogP contribution is -1.96.